The van der Waals surface area contributed by atoms with Gasteiger partial charge >= 0.3 is 0 Å². The molecule has 2 N–H and O–H groups in total. The number of halogens is 1. The van der Waals surface area contributed by atoms with Gasteiger partial charge in [0.2, 0.25) is 0 Å². The molecule has 1 aliphatic carbocycles. The summed E-state index contributed by atoms with van der Waals surface area (Å²) in [6, 6.07) is -0.134. The minimum absolute atomic E-state index is 0.134. The first-order valence-electron chi connectivity index (χ1n) is 2.20. The molecule has 0 spiro atoms. The van der Waals surface area contributed by atoms with E-state index in [0.717, 1.165) is 6.42 Å². The summed E-state index contributed by atoms with van der Waals surface area (Å²) >= 11 is 0. The second-order valence-corrected chi connectivity index (χ2v) is 1.76. The van der Waals surface area contributed by atoms with Crippen molar-refractivity contribution in [2.24, 2.45) is 5.73 Å². The Bertz CT molecular complexity index is 47.5. The van der Waals surface area contributed by atoms with Crippen LogP contribution in [0.3, 0.4) is 0 Å². The average Bonchev–Trinajstić information content (AvgIpc) is 1.61. The van der Waals surface area contributed by atoms with Gasteiger partial charge < -0.3 is 5.73 Å². The van der Waals surface area contributed by atoms with E-state index in [2.05, 4.69) is 0 Å². The third-order valence-electron chi connectivity index (χ3n) is 1.24. The van der Waals surface area contributed by atoms with E-state index in [1.54, 1.807) is 0 Å². The fourth-order valence-corrected chi connectivity index (χ4v) is 0.485. The molecule has 0 unspecified atom stereocenters. The number of rotatable bonds is 0. The Morgan fingerprint density at radius 2 is 2.00 bits per heavy atom. The molecule has 0 radical (unpaired) electrons. The van der Waals surface area contributed by atoms with E-state index in [9.17, 15) is 4.39 Å². The van der Waals surface area contributed by atoms with E-state index in [4.69, 9.17) is 5.73 Å². The smallest absolute Gasteiger partial charge is 0.115 e. The summed E-state index contributed by atoms with van der Waals surface area (Å²) in [6.07, 6.45) is 0.868. The molecular formula is C4H8FN. The lowest BCUT2D eigenvalue weighted by molar-refractivity contribution is 0.173. The maximum Gasteiger partial charge on any atom is 0.115 e. The predicted molar refractivity (Wildman–Crippen MR) is 22.1 cm³/mol. The maximum atomic E-state index is 11.8. The van der Waals surface area contributed by atoms with Crippen molar-refractivity contribution < 1.29 is 4.39 Å². The van der Waals surface area contributed by atoms with E-state index in [1.807, 2.05) is 0 Å². The molecule has 1 aliphatic rings. The summed E-state index contributed by atoms with van der Waals surface area (Å²) in [6.45, 7) is 0. The molecule has 1 nitrogen and oxygen atoms in total. The zero-order chi connectivity index (χ0) is 4.57. The molecule has 0 aromatic heterocycles. The number of hydrogen-bond acceptors (Lipinski definition) is 1. The van der Waals surface area contributed by atoms with E-state index in [-0.39, 0.29) is 6.04 Å². The highest BCUT2D eigenvalue weighted by atomic mass is 19.1. The van der Waals surface area contributed by atoms with Crippen molar-refractivity contribution in [2.75, 3.05) is 0 Å². The monoisotopic (exact) mass is 89.1 g/mol. The molecule has 0 amide bonds. The largest absolute Gasteiger partial charge is 0.325 e. The van der Waals surface area contributed by atoms with Crippen LogP contribution < -0.4 is 5.73 Å². The number of alkyl halides is 1. The highest BCUT2D eigenvalue weighted by molar-refractivity contribution is 4.82. The molecule has 0 bridgehead atoms. The minimum Gasteiger partial charge on any atom is -0.325 e. The summed E-state index contributed by atoms with van der Waals surface area (Å²) in [5, 5.41) is 0. The first kappa shape index (κ1) is 4.06. The van der Waals surface area contributed by atoms with Gasteiger partial charge in [0.05, 0.1) is 0 Å². The molecule has 2 heteroatoms. The second kappa shape index (κ2) is 1.19. The van der Waals surface area contributed by atoms with Crippen molar-refractivity contribution in [1.82, 2.24) is 0 Å². The molecular weight excluding hydrogens is 81.0 g/mol. The van der Waals surface area contributed by atoms with Gasteiger partial charge in [-0.05, 0) is 12.8 Å². The molecule has 0 aliphatic heterocycles. The van der Waals surface area contributed by atoms with E-state index in [1.165, 1.54) is 0 Å². The van der Waals surface area contributed by atoms with Crippen LogP contribution >= 0.6 is 0 Å². The lowest BCUT2D eigenvalue weighted by Gasteiger charge is -2.25. The quantitative estimate of drug-likeness (QED) is 0.458. The molecule has 0 aromatic rings. The molecule has 1 saturated carbocycles. The Morgan fingerprint density at radius 1 is 1.50 bits per heavy atom. The van der Waals surface area contributed by atoms with Crippen LogP contribution in [0.4, 0.5) is 4.39 Å². The van der Waals surface area contributed by atoms with Gasteiger partial charge in [0.25, 0.3) is 0 Å². The van der Waals surface area contributed by atoms with Crippen molar-refractivity contribution in [3.63, 3.8) is 0 Å². The number of nitrogens with two attached hydrogens (primary N) is 1. The van der Waals surface area contributed by atoms with Crippen LogP contribution in [-0.2, 0) is 0 Å². The second-order valence-electron chi connectivity index (χ2n) is 1.76. The topological polar surface area (TPSA) is 26.0 Å². The van der Waals surface area contributed by atoms with Crippen molar-refractivity contribution in [2.45, 2.75) is 25.1 Å². The van der Waals surface area contributed by atoms with Crippen molar-refractivity contribution in [3.05, 3.63) is 0 Å². The number of hydrogen-bond donors (Lipinski definition) is 1. The fourth-order valence-electron chi connectivity index (χ4n) is 0.485. The van der Waals surface area contributed by atoms with Crippen molar-refractivity contribution in [3.8, 4) is 0 Å². The van der Waals surface area contributed by atoms with Gasteiger partial charge in [-0.3, -0.25) is 0 Å². The summed E-state index contributed by atoms with van der Waals surface area (Å²) in [5.74, 6) is 0. The van der Waals surface area contributed by atoms with Gasteiger partial charge in [-0.25, -0.2) is 4.39 Å². The van der Waals surface area contributed by atoms with Crippen LogP contribution in [0.15, 0.2) is 0 Å². The van der Waals surface area contributed by atoms with Crippen LogP contribution in [0.25, 0.3) is 0 Å². The summed E-state index contributed by atoms with van der Waals surface area (Å²) in [4.78, 5) is 0. The summed E-state index contributed by atoms with van der Waals surface area (Å²) in [7, 11) is 0. The highest BCUT2D eigenvalue weighted by Crippen LogP contribution is 2.19. The lowest BCUT2D eigenvalue weighted by Crippen LogP contribution is -2.40. The third-order valence-corrected chi connectivity index (χ3v) is 1.24. The first-order valence-corrected chi connectivity index (χ1v) is 2.20. The van der Waals surface area contributed by atoms with Gasteiger partial charge in [-0.1, -0.05) is 0 Å². The molecule has 0 saturated heterocycles. The fraction of sp³-hybridized carbons (Fsp3) is 1.00. The molecule has 0 aromatic carbocycles. The van der Waals surface area contributed by atoms with Crippen LogP contribution in [0.2, 0.25) is 0 Å². The Labute approximate surface area is 36.3 Å². The Kier molecular flexibility index (Phi) is 0.804. The molecule has 0 heterocycles. The van der Waals surface area contributed by atoms with Gasteiger partial charge in [0.15, 0.2) is 0 Å². The standard InChI is InChI=1S/C4H8FN/c5-3-1-2-4(3)6/h3-4H,1-2,6H2/t3-,4-/m1/s1. The zero-order valence-corrected chi connectivity index (χ0v) is 3.52. The molecule has 1 fully saturated rings. The molecule has 36 valence electrons. The van der Waals surface area contributed by atoms with Gasteiger partial charge in [0, 0.05) is 6.04 Å². The summed E-state index contributed by atoms with van der Waals surface area (Å²) in [5.41, 5.74) is 5.15. The van der Waals surface area contributed by atoms with Crippen LogP contribution in [0, 0.1) is 0 Å². The first-order chi connectivity index (χ1) is 2.80. The van der Waals surface area contributed by atoms with E-state index in [0.29, 0.717) is 6.42 Å². The van der Waals surface area contributed by atoms with Crippen LogP contribution in [-0.4, -0.2) is 12.2 Å². The molecule has 6 heavy (non-hydrogen) atoms. The average molecular weight is 89.1 g/mol. The zero-order valence-electron chi connectivity index (χ0n) is 3.52. The van der Waals surface area contributed by atoms with E-state index < -0.39 is 6.17 Å². The van der Waals surface area contributed by atoms with E-state index >= 15 is 0 Å². The van der Waals surface area contributed by atoms with Gasteiger partial charge in [-0.2, -0.15) is 0 Å². The van der Waals surface area contributed by atoms with Crippen LogP contribution in [0.5, 0.6) is 0 Å². The van der Waals surface area contributed by atoms with Gasteiger partial charge in [0.1, 0.15) is 6.17 Å². The highest BCUT2D eigenvalue weighted by Gasteiger charge is 2.25. The summed E-state index contributed by atoms with van der Waals surface area (Å²) < 4.78 is 11.8. The lowest BCUT2D eigenvalue weighted by atomic mass is 9.92. The molecule has 1 rings (SSSR count). The van der Waals surface area contributed by atoms with Crippen molar-refractivity contribution >= 4 is 0 Å². The molecule has 2 atom stereocenters. The Hall–Kier alpha value is -0.110. The normalized spacial score (nSPS) is 45.0. The third kappa shape index (κ3) is 0.411. The maximum absolute atomic E-state index is 11.8. The Morgan fingerprint density at radius 3 is 2.00 bits per heavy atom. The Balaban J connectivity index is 2.20. The van der Waals surface area contributed by atoms with Crippen molar-refractivity contribution in [1.29, 1.82) is 0 Å². The minimum atomic E-state index is -0.690. The predicted octanol–water partition coefficient (Wildman–Crippen LogP) is 0.446. The SMILES string of the molecule is N[C@@H]1CC[C@H]1F. The van der Waals surface area contributed by atoms with Crippen LogP contribution in [0.1, 0.15) is 12.8 Å². The van der Waals surface area contributed by atoms with Gasteiger partial charge in [-0.15, -0.1) is 0 Å².